The summed E-state index contributed by atoms with van der Waals surface area (Å²) in [5.41, 5.74) is 6.69. The van der Waals surface area contributed by atoms with E-state index in [1.165, 1.54) is 0 Å². The highest BCUT2D eigenvalue weighted by Crippen LogP contribution is 2.30. The van der Waals surface area contributed by atoms with Crippen LogP contribution < -0.4 is 5.73 Å². The molecule has 0 aliphatic carbocycles. The van der Waals surface area contributed by atoms with Gasteiger partial charge in [0, 0.05) is 19.5 Å². The minimum Gasteiger partial charge on any atom is -0.469 e. The molecule has 0 saturated carbocycles. The third-order valence-corrected chi connectivity index (χ3v) is 4.05. The third-order valence-electron chi connectivity index (χ3n) is 4.05. The lowest BCUT2D eigenvalue weighted by molar-refractivity contribution is 0.0615. The summed E-state index contributed by atoms with van der Waals surface area (Å²) in [6, 6.07) is 1.78. The van der Waals surface area contributed by atoms with Gasteiger partial charge in [-0.3, -0.25) is 4.79 Å². The monoisotopic (exact) mass is 250 g/mol. The predicted molar refractivity (Wildman–Crippen MR) is 70.4 cm³/mol. The zero-order valence-corrected chi connectivity index (χ0v) is 11.2. The van der Waals surface area contributed by atoms with Gasteiger partial charge in [0.15, 0.2) is 0 Å². The molecule has 2 N–H and O–H groups in total. The predicted octanol–water partition coefficient (Wildman–Crippen LogP) is 2.04. The highest BCUT2D eigenvalue weighted by molar-refractivity contribution is 5.95. The molecule has 2 heterocycles. The van der Waals surface area contributed by atoms with Gasteiger partial charge in [-0.15, -0.1) is 0 Å². The molecule has 0 spiro atoms. The fourth-order valence-corrected chi connectivity index (χ4v) is 2.43. The first-order valence-corrected chi connectivity index (χ1v) is 6.65. The maximum absolute atomic E-state index is 12.4. The molecule has 0 bridgehead atoms. The highest BCUT2D eigenvalue weighted by atomic mass is 16.3. The minimum atomic E-state index is 0.0969. The Morgan fingerprint density at radius 3 is 2.72 bits per heavy atom. The van der Waals surface area contributed by atoms with Gasteiger partial charge in [0.1, 0.15) is 5.76 Å². The Morgan fingerprint density at radius 1 is 1.50 bits per heavy atom. The molecule has 1 amide bonds. The van der Waals surface area contributed by atoms with Crippen molar-refractivity contribution in [3.05, 3.63) is 23.7 Å². The van der Waals surface area contributed by atoms with E-state index in [0.717, 1.165) is 38.1 Å². The van der Waals surface area contributed by atoms with Crippen LogP contribution in [-0.2, 0) is 6.42 Å². The number of amides is 1. The molecule has 1 aliphatic rings. The Bertz CT molecular complexity index is 417. The third kappa shape index (κ3) is 2.43. The van der Waals surface area contributed by atoms with E-state index < -0.39 is 0 Å². The van der Waals surface area contributed by atoms with E-state index in [9.17, 15) is 4.79 Å². The fourth-order valence-electron chi connectivity index (χ4n) is 2.43. The van der Waals surface area contributed by atoms with Gasteiger partial charge < -0.3 is 15.1 Å². The van der Waals surface area contributed by atoms with Crippen LogP contribution in [0.4, 0.5) is 0 Å². The van der Waals surface area contributed by atoms with E-state index >= 15 is 0 Å². The number of carbonyl (C=O) groups excluding carboxylic acids is 1. The van der Waals surface area contributed by atoms with E-state index in [-0.39, 0.29) is 11.3 Å². The molecule has 0 aromatic carbocycles. The molecule has 2 rings (SSSR count). The summed E-state index contributed by atoms with van der Waals surface area (Å²) in [6.07, 6.45) is 4.31. The molecule has 1 fully saturated rings. The number of nitrogens with zero attached hydrogens (tertiary/aromatic N) is 1. The summed E-state index contributed by atoms with van der Waals surface area (Å²) < 4.78 is 5.32. The minimum absolute atomic E-state index is 0.0969. The number of hydrogen-bond acceptors (Lipinski definition) is 3. The van der Waals surface area contributed by atoms with Gasteiger partial charge in [0.25, 0.3) is 5.91 Å². The van der Waals surface area contributed by atoms with Crippen molar-refractivity contribution in [2.24, 2.45) is 11.1 Å². The molecule has 0 unspecified atom stereocenters. The zero-order valence-electron chi connectivity index (χ0n) is 11.2. The second-order valence-corrected chi connectivity index (χ2v) is 5.42. The SMILES string of the molecule is CCc1occc1C(=O)N1CCC(C)(CN)CC1. The van der Waals surface area contributed by atoms with Gasteiger partial charge in [0.2, 0.25) is 0 Å². The molecule has 0 atom stereocenters. The van der Waals surface area contributed by atoms with Crippen LogP contribution in [0.15, 0.2) is 16.7 Å². The van der Waals surface area contributed by atoms with Gasteiger partial charge in [-0.1, -0.05) is 13.8 Å². The van der Waals surface area contributed by atoms with E-state index in [4.69, 9.17) is 10.2 Å². The van der Waals surface area contributed by atoms with Crippen LogP contribution in [0.5, 0.6) is 0 Å². The number of furan rings is 1. The van der Waals surface area contributed by atoms with E-state index in [1.54, 1.807) is 12.3 Å². The van der Waals surface area contributed by atoms with Gasteiger partial charge >= 0.3 is 0 Å². The van der Waals surface area contributed by atoms with Crippen molar-refractivity contribution < 1.29 is 9.21 Å². The number of aryl methyl sites for hydroxylation is 1. The standard InChI is InChI=1S/C14H22N2O2/c1-3-12-11(4-9-18-12)13(17)16-7-5-14(2,10-15)6-8-16/h4,9H,3,5-8,10,15H2,1-2H3. The van der Waals surface area contributed by atoms with E-state index in [1.807, 2.05) is 11.8 Å². The zero-order chi connectivity index (χ0) is 13.2. The first-order chi connectivity index (χ1) is 8.59. The largest absolute Gasteiger partial charge is 0.469 e. The molecule has 1 aromatic heterocycles. The Balaban J connectivity index is 2.04. The second-order valence-electron chi connectivity index (χ2n) is 5.42. The lowest BCUT2D eigenvalue weighted by Gasteiger charge is -2.38. The van der Waals surface area contributed by atoms with Crippen molar-refractivity contribution in [3.63, 3.8) is 0 Å². The molecule has 1 aliphatic heterocycles. The van der Waals surface area contributed by atoms with Crippen molar-refractivity contribution in [1.82, 2.24) is 4.90 Å². The average Bonchev–Trinajstić information content (AvgIpc) is 2.87. The quantitative estimate of drug-likeness (QED) is 0.893. The number of likely N-dealkylation sites (tertiary alicyclic amines) is 1. The van der Waals surface area contributed by atoms with Crippen molar-refractivity contribution in [1.29, 1.82) is 0 Å². The summed E-state index contributed by atoms with van der Waals surface area (Å²) in [5.74, 6) is 0.881. The molecule has 100 valence electrons. The van der Waals surface area contributed by atoms with Crippen LogP contribution in [0.2, 0.25) is 0 Å². The van der Waals surface area contributed by atoms with Crippen LogP contribution in [-0.4, -0.2) is 30.4 Å². The Hall–Kier alpha value is -1.29. The molecular weight excluding hydrogens is 228 g/mol. The smallest absolute Gasteiger partial charge is 0.257 e. The van der Waals surface area contributed by atoms with Crippen molar-refractivity contribution in [2.75, 3.05) is 19.6 Å². The van der Waals surface area contributed by atoms with Crippen molar-refractivity contribution in [3.8, 4) is 0 Å². The van der Waals surface area contributed by atoms with E-state index in [2.05, 4.69) is 6.92 Å². The van der Waals surface area contributed by atoms with E-state index in [0.29, 0.717) is 12.1 Å². The van der Waals surface area contributed by atoms with Gasteiger partial charge in [-0.05, 0) is 30.9 Å². The van der Waals surface area contributed by atoms with Crippen LogP contribution >= 0.6 is 0 Å². The number of carbonyl (C=O) groups is 1. The molecule has 18 heavy (non-hydrogen) atoms. The molecular formula is C14H22N2O2. The maximum Gasteiger partial charge on any atom is 0.257 e. The maximum atomic E-state index is 12.4. The highest BCUT2D eigenvalue weighted by Gasteiger charge is 2.31. The first kappa shape index (κ1) is 13.1. The lowest BCUT2D eigenvalue weighted by atomic mass is 9.80. The molecule has 1 aromatic rings. The van der Waals surface area contributed by atoms with Gasteiger partial charge in [-0.25, -0.2) is 0 Å². The normalized spacial score (nSPS) is 18.9. The summed E-state index contributed by atoms with van der Waals surface area (Å²) in [6.45, 7) is 6.48. The van der Waals surface area contributed by atoms with Crippen LogP contribution in [0, 0.1) is 5.41 Å². The summed E-state index contributed by atoms with van der Waals surface area (Å²) in [7, 11) is 0. The molecule has 4 heteroatoms. The Kier molecular flexibility index (Phi) is 3.76. The van der Waals surface area contributed by atoms with Crippen molar-refractivity contribution >= 4 is 5.91 Å². The molecule has 1 saturated heterocycles. The lowest BCUT2D eigenvalue weighted by Crippen LogP contribution is -2.44. The Labute approximate surface area is 108 Å². The van der Waals surface area contributed by atoms with Crippen LogP contribution in [0.3, 0.4) is 0 Å². The van der Waals surface area contributed by atoms with Crippen LogP contribution in [0.25, 0.3) is 0 Å². The van der Waals surface area contributed by atoms with Crippen LogP contribution in [0.1, 0.15) is 42.8 Å². The van der Waals surface area contributed by atoms with Crippen molar-refractivity contribution in [2.45, 2.75) is 33.1 Å². The summed E-state index contributed by atoms with van der Waals surface area (Å²) >= 11 is 0. The molecule has 4 nitrogen and oxygen atoms in total. The first-order valence-electron chi connectivity index (χ1n) is 6.65. The second kappa shape index (κ2) is 5.14. The topological polar surface area (TPSA) is 59.5 Å². The summed E-state index contributed by atoms with van der Waals surface area (Å²) in [5, 5.41) is 0. The Morgan fingerprint density at radius 2 is 2.17 bits per heavy atom. The number of hydrogen-bond donors (Lipinski definition) is 1. The number of nitrogens with two attached hydrogens (primary N) is 1. The average molecular weight is 250 g/mol. The molecule has 0 radical (unpaired) electrons. The van der Waals surface area contributed by atoms with Gasteiger partial charge in [0.05, 0.1) is 11.8 Å². The number of piperidine rings is 1. The fraction of sp³-hybridized carbons (Fsp3) is 0.643. The number of rotatable bonds is 3. The van der Waals surface area contributed by atoms with Gasteiger partial charge in [-0.2, -0.15) is 0 Å². The summed E-state index contributed by atoms with van der Waals surface area (Å²) in [4.78, 5) is 14.3.